The third-order valence-corrected chi connectivity index (χ3v) is 3.75. The van der Waals surface area contributed by atoms with Gasteiger partial charge in [-0.25, -0.2) is 4.39 Å². The van der Waals surface area contributed by atoms with Crippen LogP contribution in [0.4, 0.5) is 4.39 Å². The molecule has 1 aromatic heterocycles. The van der Waals surface area contributed by atoms with Crippen LogP contribution in [0.5, 0.6) is 0 Å². The first-order chi connectivity index (χ1) is 6.49. The molecule has 1 rings (SSSR count). The number of thiophene rings is 1. The number of halogens is 2. The minimum absolute atomic E-state index is 0.0935. The van der Waals surface area contributed by atoms with E-state index in [0.717, 1.165) is 24.8 Å². The summed E-state index contributed by atoms with van der Waals surface area (Å²) in [7, 11) is 0. The molecular formula is C11H16ClFS. The summed E-state index contributed by atoms with van der Waals surface area (Å²) < 4.78 is 13.8. The maximum absolute atomic E-state index is 13.6. The van der Waals surface area contributed by atoms with E-state index in [9.17, 15) is 4.39 Å². The quantitative estimate of drug-likeness (QED) is 0.687. The average Bonchev–Trinajstić information content (AvgIpc) is 2.45. The maximum Gasteiger partial charge on any atom is 0.156 e. The summed E-state index contributed by atoms with van der Waals surface area (Å²) in [6.45, 7) is 6.29. The number of hydrogen-bond donors (Lipinski definition) is 0. The molecule has 0 amide bonds. The topological polar surface area (TPSA) is 0 Å². The van der Waals surface area contributed by atoms with Gasteiger partial charge in [-0.15, -0.1) is 11.3 Å². The highest BCUT2D eigenvalue weighted by atomic mass is 35.5. The summed E-state index contributed by atoms with van der Waals surface area (Å²) in [4.78, 5) is 0. The lowest BCUT2D eigenvalue weighted by atomic mass is 9.81. The van der Waals surface area contributed by atoms with Crippen molar-refractivity contribution in [1.82, 2.24) is 0 Å². The fraction of sp³-hybridized carbons (Fsp3) is 0.636. The van der Waals surface area contributed by atoms with E-state index >= 15 is 0 Å². The molecule has 0 aromatic carbocycles. The zero-order valence-corrected chi connectivity index (χ0v) is 10.4. The Bertz CT molecular complexity index is 304. The molecule has 0 bridgehead atoms. The first kappa shape index (κ1) is 12.0. The van der Waals surface area contributed by atoms with Gasteiger partial charge in [0.15, 0.2) is 5.82 Å². The Morgan fingerprint density at radius 2 is 2.14 bits per heavy atom. The fourth-order valence-electron chi connectivity index (χ4n) is 1.53. The molecule has 0 aliphatic rings. The van der Waals surface area contributed by atoms with E-state index in [4.69, 9.17) is 11.6 Å². The minimum Gasteiger partial charge on any atom is -0.204 e. The SMILES string of the molecule is CCCCC(C)(C)c1csc(Cl)c1F. The number of hydrogen-bond acceptors (Lipinski definition) is 1. The van der Waals surface area contributed by atoms with Crippen molar-refractivity contribution in [3.63, 3.8) is 0 Å². The highest BCUT2D eigenvalue weighted by Crippen LogP contribution is 2.37. The number of unbranched alkanes of at least 4 members (excludes halogenated alkanes) is 1. The van der Waals surface area contributed by atoms with E-state index in [2.05, 4.69) is 20.8 Å². The van der Waals surface area contributed by atoms with Crippen LogP contribution in [0, 0.1) is 5.82 Å². The summed E-state index contributed by atoms with van der Waals surface area (Å²) >= 11 is 6.99. The second-order valence-electron chi connectivity index (χ2n) is 4.22. The summed E-state index contributed by atoms with van der Waals surface area (Å²) in [5.41, 5.74) is 0.671. The van der Waals surface area contributed by atoms with E-state index in [1.807, 2.05) is 5.38 Å². The zero-order valence-electron chi connectivity index (χ0n) is 8.86. The number of rotatable bonds is 4. The third-order valence-electron chi connectivity index (χ3n) is 2.57. The zero-order chi connectivity index (χ0) is 10.8. The van der Waals surface area contributed by atoms with Crippen molar-refractivity contribution in [1.29, 1.82) is 0 Å². The highest BCUT2D eigenvalue weighted by molar-refractivity contribution is 7.14. The summed E-state index contributed by atoms with van der Waals surface area (Å²) in [5, 5.41) is 1.84. The van der Waals surface area contributed by atoms with E-state index < -0.39 is 0 Å². The molecule has 0 atom stereocenters. The molecule has 14 heavy (non-hydrogen) atoms. The third kappa shape index (κ3) is 2.48. The van der Waals surface area contributed by atoms with E-state index in [-0.39, 0.29) is 15.6 Å². The first-order valence-corrected chi connectivity index (χ1v) is 6.17. The van der Waals surface area contributed by atoms with Crippen molar-refractivity contribution in [2.24, 2.45) is 0 Å². The van der Waals surface area contributed by atoms with Gasteiger partial charge in [0.2, 0.25) is 0 Å². The molecule has 1 aromatic rings. The average molecular weight is 235 g/mol. The molecule has 0 nitrogen and oxygen atoms in total. The second kappa shape index (κ2) is 4.63. The van der Waals surface area contributed by atoms with Crippen LogP contribution >= 0.6 is 22.9 Å². The van der Waals surface area contributed by atoms with Crippen molar-refractivity contribution in [3.05, 3.63) is 21.1 Å². The van der Waals surface area contributed by atoms with Gasteiger partial charge in [-0.1, -0.05) is 45.2 Å². The van der Waals surface area contributed by atoms with E-state index in [0.29, 0.717) is 0 Å². The lowest BCUT2D eigenvalue weighted by Gasteiger charge is -2.23. The Labute approximate surface area is 94.1 Å². The normalized spacial score (nSPS) is 12.1. The molecule has 0 spiro atoms. The van der Waals surface area contributed by atoms with Crippen molar-refractivity contribution in [3.8, 4) is 0 Å². The van der Waals surface area contributed by atoms with Gasteiger partial charge >= 0.3 is 0 Å². The molecule has 0 N–H and O–H groups in total. The fourth-order valence-corrected chi connectivity index (χ4v) is 2.62. The van der Waals surface area contributed by atoms with Crippen LogP contribution in [-0.4, -0.2) is 0 Å². The van der Waals surface area contributed by atoms with Crippen LogP contribution in [0.15, 0.2) is 5.38 Å². The summed E-state index contributed by atoms with van der Waals surface area (Å²) in [6, 6.07) is 0. The van der Waals surface area contributed by atoms with Gasteiger partial charge in [0.1, 0.15) is 4.34 Å². The molecule has 0 saturated carbocycles. The van der Waals surface area contributed by atoms with Gasteiger partial charge in [0, 0.05) is 5.56 Å². The predicted molar refractivity (Wildman–Crippen MR) is 61.8 cm³/mol. The molecule has 3 heteroatoms. The largest absolute Gasteiger partial charge is 0.204 e. The smallest absolute Gasteiger partial charge is 0.156 e. The molecule has 0 aliphatic heterocycles. The highest BCUT2D eigenvalue weighted by Gasteiger charge is 2.26. The minimum atomic E-state index is -0.224. The van der Waals surface area contributed by atoms with Crippen LogP contribution < -0.4 is 0 Å². The van der Waals surface area contributed by atoms with Crippen molar-refractivity contribution >= 4 is 22.9 Å². The molecule has 0 fully saturated rings. The van der Waals surface area contributed by atoms with Crippen LogP contribution in [0.2, 0.25) is 4.34 Å². The van der Waals surface area contributed by atoms with Crippen LogP contribution in [-0.2, 0) is 5.41 Å². The molecule has 0 aliphatic carbocycles. The van der Waals surface area contributed by atoms with Gasteiger partial charge < -0.3 is 0 Å². The Hall–Kier alpha value is -0.0800. The van der Waals surface area contributed by atoms with Crippen LogP contribution in [0.3, 0.4) is 0 Å². The van der Waals surface area contributed by atoms with Crippen molar-refractivity contribution in [2.45, 2.75) is 45.4 Å². The maximum atomic E-state index is 13.6. The Morgan fingerprint density at radius 1 is 1.50 bits per heavy atom. The predicted octanol–water partition coefficient (Wildman–Crippen LogP) is 5.01. The van der Waals surface area contributed by atoms with E-state index in [1.165, 1.54) is 11.3 Å². The standard InChI is InChI=1S/C11H16ClFS/c1-4-5-6-11(2,3)8-7-14-10(12)9(8)13/h7H,4-6H2,1-3H3. The molecule has 0 unspecified atom stereocenters. The first-order valence-electron chi connectivity index (χ1n) is 4.92. The summed E-state index contributed by atoms with van der Waals surface area (Å²) in [5.74, 6) is -0.224. The summed E-state index contributed by atoms with van der Waals surface area (Å²) in [6.07, 6.45) is 3.27. The van der Waals surface area contributed by atoms with Gasteiger partial charge in [0.25, 0.3) is 0 Å². The Kier molecular flexibility index (Phi) is 3.96. The van der Waals surface area contributed by atoms with Crippen molar-refractivity contribution < 1.29 is 4.39 Å². The van der Waals surface area contributed by atoms with Gasteiger partial charge in [-0.2, -0.15) is 0 Å². The van der Waals surface area contributed by atoms with Crippen molar-refractivity contribution in [2.75, 3.05) is 0 Å². The Balaban J connectivity index is 2.86. The molecule has 80 valence electrons. The second-order valence-corrected chi connectivity index (χ2v) is 5.71. The van der Waals surface area contributed by atoms with Gasteiger partial charge in [0.05, 0.1) is 0 Å². The van der Waals surface area contributed by atoms with E-state index in [1.54, 1.807) is 0 Å². The lowest BCUT2D eigenvalue weighted by molar-refractivity contribution is 0.436. The Morgan fingerprint density at radius 3 is 2.57 bits per heavy atom. The van der Waals surface area contributed by atoms with Crippen LogP contribution in [0.25, 0.3) is 0 Å². The molecule has 0 saturated heterocycles. The van der Waals surface area contributed by atoms with Gasteiger partial charge in [-0.3, -0.25) is 0 Å². The molecule has 1 heterocycles. The molecular weight excluding hydrogens is 219 g/mol. The van der Waals surface area contributed by atoms with Gasteiger partial charge in [-0.05, 0) is 17.2 Å². The molecule has 0 radical (unpaired) electrons. The monoisotopic (exact) mass is 234 g/mol. The lowest BCUT2D eigenvalue weighted by Crippen LogP contribution is -2.17. The van der Waals surface area contributed by atoms with Crippen LogP contribution in [0.1, 0.15) is 45.6 Å².